The molecule has 11 nitrogen and oxygen atoms in total. The SMILES string of the molecule is C[C@@H](CO[C@@H]1CCN([C@H]2CCN(c3ncc(C(F)(F)F)cn3)C[C@H]2O)C1=O)N=C1C=NNC(=O)C1C(F)(F)F. The smallest absolute Gasteiger partial charge is 0.389 e. The summed E-state index contributed by atoms with van der Waals surface area (Å²) in [6, 6.07) is -1.39. The van der Waals surface area contributed by atoms with Crippen molar-refractivity contribution in [3.8, 4) is 0 Å². The van der Waals surface area contributed by atoms with Crippen LogP contribution in [0.1, 0.15) is 25.3 Å². The van der Waals surface area contributed by atoms with Crippen LogP contribution in [0.25, 0.3) is 0 Å². The highest BCUT2D eigenvalue weighted by atomic mass is 19.4. The molecule has 214 valence electrons. The number of amides is 2. The molecule has 0 aliphatic carbocycles. The number of nitrogens with one attached hydrogen (secondary N) is 1. The standard InChI is InChI=1S/C22H25F6N7O4/c1-11(32-13-8-31-33-18(37)17(13)22(26,27)28)10-39-16-3-5-35(19(16)38)14-2-4-34(9-15(14)36)20-29-6-12(7-30-20)21(23,24)25/h6-8,11,14-17,36H,2-5,9-10H2,1H3,(H,33,37)/t11-,14-,15+,16+,17?/m0/s1. The Morgan fingerprint density at radius 2 is 1.85 bits per heavy atom. The molecule has 39 heavy (non-hydrogen) atoms. The number of hydrogen-bond donors (Lipinski definition) is 2. The van der Waals surface area contributed by atoms with Gasteiger partial charge in [-0.1, -0.05) is 0 Å². The van der Waals surface area contributed by atoms with Gasteiger partial charge in [0.1, 0.15) is 6.10 Å². The van der Waals surface area contributed by atoms with Crippen LogP contribution in [0.5, 0.6) is 0 Å². The second-order valence-electron chi connectivity index (χ2n) is 9.39. The van der Waals surface area contributed by atoms with Crippen molar-refractivity contribution in [2.24, 2.45) is 16.0 Å². The lowest BCUT2D eigenvalue weighted by atomic mass is 10.0. The number of rotatable bonds is 6. The van der Waals surface area contributed by atoms with E-state index in [2.05, 4.69) is 20.1 Å². The second-order valence-corrected chi connectivity index (χ2v) is 9.39. The Kier molecular flexibility index (Phi) is 8.11. The van der Waals surface area contributed by atoms with Crippen molar-refractivity contribution in [2.45, 2.75) is 56.4 Å². The first-order valence-corrected chi connectivity index (χ1v) is 12.0. The van der Waals surface area contributed by atoms with E-state index in [1.165, 1.54) is 16.7 Å². The minimum atomic E-state index is -4.85. The maximum atomic E-state index is 13.2. The van der Waals surface area contributed by atoms with Gasteiger partial charge >= 0.3 is 12.4 Å². The number of aromatic nitrogens is 2. The largest absolute Gasteiger partial charge is 0.419 e. The van der Waals surface area contributed by atoms with Crippen LogP contribution in [0.3, 0.4) is 0 Å². The molecule has 3 aliphatic rings. The molecule has 0 saturated carbocycles. The molecule has 0 spiro atoms. The topological polar surface area (TPSA) is 133 Å². The molecule has 4 rings (SSSR count). The van der Waals surface area contributed by atoms with Crippen molar-refractivity contribution in [2.75, 3.05) is 31.1 Å². The second kappa shape index (κ2) is 11.0. The van der Waals surface area contributed by atoms with Gasteiger partial charge in [-0.25, -0.2) is 15.4 Å². The van der Waals surface area contributed by atoms with Gasteiger partial charge in [-0.2, -0.15) is 31.4 Å². The molecule has 2 amide bonds. The summed E-state index contributed by atoms with van der Waals surface area (Å²) >= 11 is 0. The van der Waals surface area contributed by atoms with Crippen molar-refractivity contribution in [1.82, 2.24) is 20.3 Å². The van der Waals surface area contributed by atoms with E-state index in [0.29, 0.717) is 18.8 Å². The third kappa shape index (κ3) is 6.46. The molecular formula is C22H25F6N7O4. The highest BCUT2D eigenvalue weighted by Gasteiger charge is 2.49. The van der Waals surface area contributed by atoms with Gasteiger partial charge in [0.25, 0.3) is 11.8 Å². The summed E-state index contributed by atoms with van der Waals surface area (Å²) in [7, 11) is 0. The summed E-state index contributed by atoms with van der Waals surface area (Å²) in [4.78, 5) is 39.0. The number of halogens is 6. The number of β-amino-alcohol motifs (C(OH)–C–C–N with tert-alkyl or cyclic N) is 1. The van der Waals surface area contributed by atoms with E-state index >= 15 is 0 Å². The Morgan fingerprint density at radius 1 is 1.15 bits per heavy atom. The Labute approximate surface area is 217 Å². The Hall–Kier alpha value is -3.34. The fourth-order valence-electron chi connectivity index (χ4n) is 4.66. The molecule has 2 saturated heterocycles. The summed E-state index contributed by atoms with van der Waals surface area (Å²) in [5, 5.41) is 14.1. The first kappa shape index (κ1) is 28.7. The number of hydrogen-bond acceptors (Lipinski definition) is 9. The molecule has 1 aromatic heterocycles. The van der Waals surface area contributed by atoms with E-state index in [9.17, 15) is 41.0 Å². The van der Waals surface area contributed by atoms with E-state index in [1.807, 2.05) is 0 Å². The monoisotopic (exact) mass is 565 g/mol. The number of piperidine rings is 1. The maximum Gasteiger partial charge on any atom is 0.419 e. The molecule has 1 unspecified atom stereocenters. The molecule has 0 radical (unpaired) electrons. The number of likely N-dealkylation sites (tertiary alicyclic amines) is 1. The van der Waals surface area contributed by atoms with Gasteiger partial charge in [0.2, 0.25) is 5.95 Å². The zero-order chi connectivity index (χ0) is 28.5. The Morgan fingerprint density at radius 3 is 2.46 bits per heavy atom. The van der Waals surface area contributed by atoms with Gasteiger partial charge in [0.15, 0.2) is 5.92 Å². The van der Waals surface area contributed by atoms with Gasteiger partial charge < -0.3 is 19.6 Å². The maximum absolute atomic E-state index is 13.2. The summed E-state index contributed by atoms with van der Waals surface area (Å²) < 4.78 is 83.6. The third-order valence-corrected chi connectivity index (χ3v) is 6.55. The fraction of sp³-hybridized carbons (Fsp3) is 0.636. The van der Waals surface area contributed by atoms with E-state index < -0.39 is 65.7 Å². The molecule has 0 aromatic carbocycles. The Balaban J connectivity index is 1.31. The van der Waals surface area contributed by atoms with Gasteiger partial charge in [-0.15, -0.1) is 0 Å². The third-order valence-electron chi connectivity index (χ3n) is 6.55. The number of carbonyl (C=O) groups is 2. The number of anilines is 1. The van der Waals surface area contributed by atoms with Crippen LogP contribution in [0.15, 0.2) is 22.5 Å². The molecule has 2 fully saturated rings. The zero-order valence-corrected chi connectivity index (χ0v) is 20.5. The first-order valence-electron chi connectivity index (χ1n) is 12.0. The van der Waals surface area contributed by atoms with E-state index in [4.69, 9.17) is 4.74 Å². The fourth-order valence-corrected chi connectivity index (χ4v) is 4.66. The number of nitrogens with zero attached hydrogens (tertiary/aromatic N) is 6. The molecule has 17 heteroatoms. The van der Waals surface area contributed by atoms with Crippen molar-refractivity contribution in [3.05, 3.63) is 18.0 Å². The lowest BCUT2D eigenvalue weighted by Gasteiger charge is -2.40. The van der Waals surface area contributed by atoms with Crippen LogP contribution in [-0.4, -0.2) is 100 Å². The molecule has 2 N–H and O–H groups in total. The summed E-state index contributed by atoms with van der Waals surface area (Å²) in [5.41, 5.74) is 0.207. The minimum Gasteiger partial charge on any atom is -0.389 e. The van der Waals surface area contributed by atoms with Crippen molar-refractivity contribution in [1.29, 1.82) is 0 Å². The van der Waals surface area contributed by atoms with Gasteiger partial charge in [0, 0.05) is 38.4 Å². The molecule has 4 heterocycles. The van der Waals surface area contributed by atoms with E-state index in [0.717, 1.165) is 6.21 Å². The van der Waals surface area contributed by atoms with Crippen LogP contribution < -0.4 is 10.3 Å². The quantitative estimate of drug-likeness (QED) is 0.495. The van der Waals surface area contributed by atoms with Crippen LogP contribution in [-0.2, 0) is 20.5 Å². The minimum absolute atomic E-state index is 0.00460. The predicted octanol–water partition coefficient (Wildman–Crippen LogP) is 1.18. The summed E-state index contributed by atoms with van der Waals surface area (Å²) in [5.74, 6) is -4.17. The normalized spacial score (nSPS) is 28.3. The van der Waals surface area contributed by atoms with Crippen LogP contribution in [0.2, 0.25) is 0 Å². The van der Waals surface area contributed by atoms with Gasteiger partial charge in [-0.05, 0) is 13.3 Å². The van der Waals surface area contributed by atoms with Crippen LogP contribution >= 0.6 is 0 Å². The lowest BCUT2D eigenvalue weighted by Crippen LogP contribution is -2.55. The predicted molar refractivity (Wildman–Crippen MR) is 123 cm³/mol. The van der Waals surface area contributed by atoms with Crippen molar-refractivity contribution >= 4 is 29.7 Å². The van der Waals surface area contributed by atoms with Crippen molar-refractivity contribution < 1.29 is 45.8 Å². The highest BCUT2D eigenvalue weighted by Crippen LogP contribution is 2.31. The molecular weight excluding hydrogens is 540 g/mol. The van der Waals surface area contributed by atoms with Gasteiger partial charge in [0.05, 0.1) is 42.3 Å². The zero-order valence-electron chi connectivity index (χ0n) is 20.5. The number of aliphatic hydroxyl groups is 1. The molecule has 1 aromatic rings. The number of aliphatic imine (C=N–C) groups is 1. The lowest BCUT2D eigenvalue weighted by molar-refractivity contribution is -0.168. The summed E-state index contributed by atoms with van der Waals surface area (Å²) in [6.07, 6.45) is -8.62. The van der Waals surface area contributed by atoms with Crippen molar-refractivity contribution in [3.63, 3.8) is 0 Å². The van der Waals surface area contributed by atoms with E-state index in [1.54, 1.807) is 5.43 Å². The average Bonchev–Trinajstić information content (AvgIpc) is 3.21. The average molecular weight is 565 g/mol. The number of aliphatic hydroxyl groups excluding tert-OH is 1. The highest BCUT2D eigenvalue weighted by molar-refractivity contribution is 6.37. The van der Waals surface area contributed by atoms with Gasteiger partial charge in [-0.3, -0.25) is 14.6 Å². The number of alkyl halides is 6. The molecule has 3 aliphatic heterocycles. The molecule has 5 atom stereocenters. The summed E-state index contributed by atoms with van der Waals surface area (Å²) in [6.45, 7) is 1.83. The van der Waals surface area contributed by atoms with E-state index in [-0.39, 0.29) is 38.6 Å². The van der Waals surface area contributed by atoms with Crippen LogP contribution in [0, 0.1) is 5.92 Å². The van der Waals surface area contributed by atoms with Crippen LogP contribution in [0.4, 0.5) is 32.3 Å². The number of carbonyl (C=O) groups excluding carboxylic acids is 2. The molecule has 0 bridgehead atoms. The number of hydrazone groups is 1. The Bertz CT molecular complexity index is 1130. The number of ether oxygens (including phenoxy) is 1. The first-order chi connectivity index (χ1) is 18.3.